The number of fused-ring (bicyclic) bond motifs is 1. The van der Waals surface area contributed by atoms with Crippen LogP contribution in [-0.4, -0.2) is 27.1 Å². The highest BCUT2D eigenvalue weighted by molar-refractivity contribution is 6.50. The van der Waals surface area contributed by atoms with E-state index in [-0.39, 0.29) is 5.52 Å². The first-order valence-electron chi connectivity index (χ1n) is 7.45. The molecule has 0 spiro atoms. The number of halogens is 2. The van der Waals surface area contributed by atoms with E-state index in [1.54, 1.807) is 42.5 Å². The first-order chi connectivity index (χ1) is 11.9. The summed E-state index contributed by atoms with van der Waals surface area (Å²) in [6.45, 7) is 1.45. The zero-order valence-electron chi connectivity index (χ0n) is 13.2. The van der Waals surface area contributed by atoms with E-state index in [2.05, 4.69) is 9.97 Å². The van der Waals surface area contributed by atoms with Gasteiger partial charge >= 0.3 is 5.97 Å². The lowest BCUT2D eigenvalue weighted by Crippen LogP contribution is -2.22. The van der Waals surface area contributed by atoms with Gasteiger partial charge in [-0.1, -0.05) is 29.8 Å². The number of nitrogens with zero attached hydrogens (tertiary/aromatic N) is 1. The normalized spacial score (nSPS) is 13.0. The predicted molar refractivity (Wildman–Crippen MR) is 93.9 cm³/mol. The predicted octanol–water partition coefficient (Wildman–Crippen LogP) is 4.29. The molecule has 2 N–H and O–H groups in total. The van der Waals surface area contributed by atoms with Crippen molar-refractivity contribution in [3.8, 4) is 5.75 Å². The van der Waals surface area contributed by atoms with Crippen molar-refractivity contribution < 1.29 is 19.0 Å². The molecule has 0 radical (unpaired) electrons. The van der Waals surface area contributed by atoms with Gasteiger partial charge in [-0.15, -0.1) is 0 Å². The number of aromatic nitrogens is 2. The molecule has 3 rings (SSSR count). The molecule has 3 aromatic rings. The molecule has 0 amide bonds. The molecule has 5 nitrogen and oxygen atoms in total. The molecule has 128 valence electrons. The molecule has 0 saturated heterocycles. The lowest BCUT2D eigenvalue weighted by Gasteiger charge is -2.10. The maximum Gasteiger partial charge on any atom is 0.344 e. The lowest BCUT2D eigenvalue weighted by atomic mass is 10.2. The summed E-state index contributed by atoms with van der Waals surface area (Å²) in [6.07, 6.45) is 0.670. The van der Waals surface area contributed by atoms with E-state index < -0.39 is 17.9 Å². The van der Waals surface area contributed by atoms with Gasteiger partial charge in [-0.05, 0) is 42.8 Å². The van der Waals surface area contributed by atoms with Crippen LogP contribution in [0.4, 0.5) is 4.39 Å². The summed E-state index contributed by atoms with van der Waals surface area (Å²) in [4.78, 5) is 18.0. The van der Waals surface area contributed by atoms with E-state index in [0.717, 1.165) is 0 Å². The van der Waals surface area contributed by atoms with Gasteiger partial charge < -0.3 is 14.8 Å². The standard InChI is InChI=1S/C18H14ClFN2O3/c1-10(18(23)24)25-12-5-2-4-11(8-12)9-13(19)17-21-15-7-3-6-14(20)16(15)22-17/h2-10H,1H3,(H,21,22)(H,23,24)/b13-9-. The fourth-order valence-corrected chi connectivity index (χ4v) is 2.47. The molecule has 0 aliphatic carbocycles. The third-order valence-corrected chi connectivity index (χ3v) is 3.79. The van der Waals surface area contributed by atoms with Gasteiger partial charge in [-0.2, -0.15) is 0 Å². The van der Waals surface area contributed by atoms with Crippen LogP contribution in [0.15, 0.2) is 42.5 Å². The Hall–Kier alpha value is -2.86. The summed E-state index contributed by atoms with van der Waals surface area (Å²) in [5.41, 5.74) is 1.46. The van der Waals surface area contributed by atoms with Crippen LogP contribution in [0.1, 0.15) is 18.3 Å². The van der Waals surface area contributed by atoms with Crippen molar-refractivity contribution in [1.29, 1.82) is 0 Å². The maximum absolute atomic E-state index is 13.7. The number of ether oxygens (including phenoxy) is 1. The SMILES string of the molecule is CC(Oc1cccc(/C=C(\Cl)c2nc3c(F)cccc3[nH]2)c1)C(=O)O. The zero-order valence-corrected chi connectivity index (χ0v) is 13.9. The third-order valence-electron chi connectivity index (χ3n) is 3.50. The number of aromatic amines is 1. The van der Waals surface area contributed by atoms with E-state index >= 15 is 0 Å². The number of hydrogen-bond acceptors (Lipinski definition) is 3. The number of carboxylic acids is 1. The highest BCUT2D eigenvalue weighted by Gasteiger charge is 2.13. The van der Waals surface area contributed by atoms with E-state index in [9.17, 15) is 9.18 Å². The minimum absolute atomic E-state index is 0.219. The fraction of sp³-hybridized carbons (Fsp3) is 0.111. The summed E-state index contributed by atoms with van der Waals surface area (Å²) in [5, 5.41) is 9.19. The van der Waals surface area contributed by atoms with E-state index in [1.807, 2.05) is 0 Å². The van der Waals surface area contributed by atoms with Crippen molar-refractivity contribution >= 4 is 39.7 Å². The quantitative estimate of drug-likeness (QED) is 0.711. The van der Waals surface area contributed by atoms with Gasteiger partial charge in [0.05, 0.1) is 10.5 Å². The van der Waals surface area contributed by atoms with Crippen LogP contribution >= 0.6 is 11.6 Å². The Morgan fingerprint density at radius 3 is 2.84 bits per heavy atom. The number of carbonyl (C=O) groups is 1. The molecule has 7 heteroatoms. The summed E-state index contributed by atoms with van der Waals surface area (Å²) in [7, 11) is 0. The highest BCUT2D eigenvalue weighted by atomic mass is 35.5. The summed E-state index contributed by atoms with van der Waals surface area (Å²) < 4.78 is 19.0. The number of H-pyrrole nitrogens is 1. The number of hydrogen-bond donors (Lipinski definition) is 2. The summed E-state index contributed by atoms with van der Waals surface area (Å²) in [6, 6.07) is 11.4. The Bertz CT molecular complexity index is 968. The van der Waals surface area contributed by atoms with Crippen molar-refractivity contribution in [3.05, 3.63) is 59.7 Å². The first-order valence-corrected chi connectivity index (χ1v) is 7.83. The topological polar surface area (TPSA) is 75.2 Å². The second-order valence-corrected chi connectivity index (χ2v) is 5.79. The van der Waals surface area contributed by atoms with E-state index in [1.165, 1.54) is 13.0 Å². The molecular formula is C18H14ClFN2O3. The Kier molecular flexibility index (Phi) is 4.72. The fourth-order valence-electron chi connectivity index (χ4n) is 2.26. The molecule has 0 bridgehead atoms. The first kappa shape index (κ1) is 17.0. The van der Waals surface area contributed by atoms with E-state index in [0.29, 0.717) is 27.7 Å². The Labute approximate surface area is 147 Å². The van der Waals surface area contributed by atoms with Crippen molar-refractivity contribution in [3.63, 3.8) is 0 Å². The van der Waals surface area contributed by atoms with Crippen LogP contribution in [0.3, 0.4) is 0 Å². The number of rotatable bonds is 5. The molecule has 1 heterocycles. The van der Waals surface area contributed by atoms with Crippen molar-refractivity contribution in [1.82, 2.24) is 9.97 Å². The molecule has 25 heavy (non-hydrogen) atoms. The van der Waals surface area contributed by atoms with Crippen molar-refractivity contribution in [2.75, 3.05) is 0 Å². The van der Waals surface area contributed by atoms with Crippen LogP contribution in [-0.2, 0) is 4.79 Å². The molecule has 0 aliphatic rings. The van der Waals surface area contributed by atoms with Crippen molar-refractivity contribution in [2.45, 2.75) is 13.0 Å². The minimum atomic E-state index is -1.05. The molecule has 1 atom stereocenters. The second kappa shape index (κ2) is 6.94. The Morgan fingerprint density at radius 1 is 1.36 bits per heavy atom. The van der Waals surface area contributed by atoms with Gasteiger partial charge in [0.1, 0.15) is 17.1 Å². The lowest BCUT2D eigenvalue weighted by molar-refractivity contribution is -0.144. The third kappa shape index (κ3) is 3.80. The number of para-hydroxylation sites is 1. The van der Waals surface area contributed by atoms with Crippen LogP contribution in [0.2, 0.25) is 0 Å². The second-order valence-electron chi connectivity index (χ2n) is 5.38. The molecular weight excluding hydrogens is 347 g/mol. The number of imidazole rings is 1. The Morgan fingerprint density at radius 2 is 2.12 bits per heavy atom. The molecule has 0 saturated carbocycles. The van der Waals surface area contributed by atoms with Gasteiger partial charge in [0.2, 0.25) is 0 Å². The van der Waals surface area contributed by atoms with Gasteiger partial charge in [0.15, 0.2) is 11.9 Å². The van der Waals surface area contributed by atoms with Crippen LogP contribution in [0.5, 0.6) is 5.75 Å². The molecule has 1 unspecified atom stereocenters. The summed E-state index contributed by atoms with van der Waals surface area (Å²) >= 11 is 6.28. The van der Waals surface area contributed by atoms with Gasteiger partial charge in [-0.3, -0.25) is 0 Å². The molecule has 0 aliphatic heterocycles. The molecule has 0 fully saturated rings. The monoisotopic (exact) mass is 360 g/mol. The number of nitrogens with one attached hydrogen (secondary N) is 1. The average molecular weight is 361 g/mol. The molecule has 2 aromatic carbocycles. The van der Waals surface area contributed by atoms with Crippen LogP contribution in [0, 0.1) is 5.82 Å². The Balaban J connectivity index is 1.88. The zero-order chi connectivity index (χ0) is 18.0. The summed E-state index contributed by atoms with van der Waals surface area (Å²) in [5.74, 6) is -0.735. The van der Waals surface area contributed by atoms with Crippen LogP contribution in [0.25, 0.3) is 22.1 Å². The van der Waals surface area contributed by atoms with E-state index in [4.69, 9.17) is 21.4 Å². The number of benzene rings is 2. The maximum atomic E-state index is 13.7. The highest BCUT2D eigenvalue weighted by Crippen LogP contribution is 2.25. The van der Waals surface area contributed by atoms with Gasteiger partial charge in [0.25, 0.3) is 0 Å². The van der Waals surface area contributed by atoms with Crippen molar-refractivity contribution in [2.24, 2.45) is 0 Å². The largest absolute Gasteiger partial charge is 0.479 e. The van der Waals surface area contributed by atoms with Crippen LogP contribution < -0.4 is 4.74 Å². The number of carboxylic acid groups (broad SMARTS) is 1. The average Bonchev–Trinajstić information content (AvgIpc) is 3.01. The van der Waals surface area contributed by atoms with Gasteiger partial charge in [0, 0.05) is 0 Å². The number of aliphatic carboxylic acids is 1. The minimum Gasteiger partial charge on any atom is -0.479 e. The molecule has 1 aromatic heterocycles. The van der Waals surface area contributed by atoms with Gasteiger partial charge in [-0.25, -0.2) is 14.2 Å². The smallest absolute Gasteiger partial charge is 0.344 e.